The Bertz CT molecular complexity index is 785. The van der Waals surface area contributed by atoms with Gasteiger partial charge in [0.25, 0.3) is 0 Å². The minimum absolute atomic E-state index is 0.0552. The summed E-state index contributed by atoms with van der Waals surface area (Å²) >= 11 is 2.56. The van der Waals surface area contributed by atoms with Crippen LogP contribution in [0.15, 0.2) is 0 Å². The van der Waals surface area contributed by atoms with E-state index in [2.05, 4.69) is 63.4 Å². The molecule has 6 atom stereocenters. The first-order chi connectivity index (χ1) is 15.4. The number of hydrogen-bond donors (Lipinski definition) is 0. The first-order valence-electron chi connectivity index (χ1n) is 13.1. The molecule has 0 aromatic carbocycles. The Morgan fingerprint density at radius 1 is 1.15 bits per heavy atom. The molecule has 0 aromatic rings. The first-order valence-corrected chi connectivity index (χ1v) is 17.3. The van der Waals surface area contributed by atoms with Gasteiger partial charge in [0, 0.05) is 16.3 Å². The van der Waals surface area contributed by atoms with Crippen molar-refractivity contribution in [3.8, 4) is 0 Å². The van der Waals surface area contributed by atoms with Gasteiger partial charge in [-0.3, -0.25) is 9.59 Å². The quantitative estimate of drug-likeness (QED) is 0.145. The standard InChI is InChI=1S/C27H47IO5Si/c1-24(2,3)32-21(29)14-20-22-19-12-10-11-13-26(19,7)15-18(28)16-27(20,33-23(22)30)17-31-34(8,9)25(4,5)6/h18-20,22H,10-17H2,1-9H3/t18?,19-,20-,22+,26-,27+/m1/s1. The van der Waals surface area contributed by atoms with E-state index < -0.39 is 19.5 Å². The van der Waals surface area contributed by atoms with Crippen LogP contribution in [0.5, 0.6) is 0 Å². The van der Waals surface area contributed by atoms with E-state index in [0.29, 0.717) is 10.5 Å². The van der Waals surface area contributed by atoms with Crippen molar-refractivity contribution in [3.63, 3.8) is 0 Å². The molecule has 5 nitrogen and oxygen atoms in total. The monoisotopic (exact) mass is 606 g/mol. The lowest BCUT2D eigenvalue weighted by molar-refractivity contribution is -0.162. The van der Waals surface area contributed by atoms with Crippen molar-refractivity contribution < 1.29 is 23.5 Å². The molecule has 196 valence electrons. The molecule has 3 fully saturated rings. The van der Waals surface area contributed by atoms with Crippen molar-refractivity contribution >= 4 is 42.8 Å². The molecule has 34 heavy (non-hydrogen) atoms. The second-order valence-corrected chi connectivity index (χ2v) is 20.5. The molecule has 0 N–H and O–H groups in total. The third kappa shape index (κ3) is 5.87. The largest absolute Gasteiger partial charge is 0.460 e. The van der Waals surface area contributed by atoms with Crippen LogP contribution in [-0.4, -0.2) is 42.0 Å². The summed E-state index contributed by atoms with van der Waals surface area (Å²) in [6.45, 7) is 19.6. The van der Waals surface area contributed by atoms with E-state index in [9.17, 15) is 9.59 Å². The second kappa shape index (κ2) is 9.62. The van der Waals surface area contributed by atoms with Crippen molar-refractivity contribution in [1.82, 2.24) is 0 Å². The summed E-state index contributed by atoms with van der Waals surface area (Å²) in [5.41, 5.74) is -1.21. The Morgan fingerprint density at radius 3 is 2.38 bits per heavy atom. The fraction of sp³-hybridized carbons (Fsp3) is 0.926. The lowest BCUT2D eigenvalue weighted by atomic mass is 9.55. The topological polar surface area (TPSA) is 61.8 Å². The van der Waals surface area contributed by atoms with Crippen molar-refractivity contribution in [2.75, 3.05) is 6.61 Å². The number of fused-ring (bicyclic) bond motifs is 4. The van der Waals surface area contributed by atoms with E-state index in [-0.39, 0.29) is 46.6 Å². The predicted molar refractivity (Wildman–Crippen MR) is 147 cm³/mol. The number of alkyl halides is 1. The van der Waals surface area contributed by atoms with Crippen LogP contribution in [0.25, 0.3) is 0 Å². The average Bonchev–Trinajstić information content (AvgIpc) is 2.90. The van der Waals surface area contributed by atoms with Crippen LogP contribution >= 0.6 is 22.6 Å². The van der Waals surface area contributed by atoms with Crippen LogP contribution < -0.4 is 0 Å². The van der Waals surface area contributed by atoms with Gasteiger partial charge in [-0.1, -0.05) is 63.1 Å². The number of carbonyl (C=O) groups is 2. The van der Waals surface area contributed by atoms with Crippen LogP contribution in [0.3, 0.4) is 0 Å². The predicted octanol–water partition coefficient (Wildman–Crippen LogP) is 7.06. The third-order valence-electron chi connectivity index (χ3n) is 9.07. The maximum absolute atomic E-state index is 13.6. The van der Waals surface area contributed by atoms with E-state index in [1.165, 1.54) is 6.42 Å². The van der Waals surface area contributed by atoms with Crippen molar-refractivity contribution in [1.29, 1.82) is 0 Å². The molecule has 0 spiro atoms. The summed E-state index contributed by atoms with van der Waals surface area (Å²) in [4.78, 5) is 26.8. The van der Waals surface area contributed by atoms with Gasteiger partial charge in [-0.15, -0.1) is 0 Å². The van der Waals surface area contributed by atoms with Gasteiger partial charge in [-0.25, -0.2) is 0 Å². The summed E-state index contributed by atoms with van der Waals surface area (Å²) < 4.78 is 19.2. The van der Waals surface area contributed by atoms with Gasteiger partial charge in [0.15, 0.2) is 8.32 Å². The maximum Gasteiger partial charge on any atom is 0.310 e. The molecule has 1 unspecified atom stereocenters. The summed E-state index contributed by atoms with van der Waals surface area (Å²) in [5.74, 6) is -0.575. The van der Waals surface area contributed by atoms with Crippen LogP contribution in [0, 0.1) is 23.2 Å². The van der Waals surface area contributed by atoms with E-state index in [1.54, 1.807) is 0 Å². The van der Waals surface area contributed by atoms with E-state index in [4.69, 9.17) is 13.9 Å². The molecule has 3 rings (SSSR count). The van der Waals surface area contributed by atoms with Gasteiger partial charge in [0.05, 0.1) is 18.9 Å². The number of ether oxygens (including phenoxy) is 2. The molecular formula is C27H47IO5Si. The highest BCUT2D eigenvalue weighted by molar-refractivity contribution is 14.1. The zero-order valence-corrected chi connectivity index (χ0v) is 26.0. The molecule has 2 aliphatic carbocycles. The van der Waals surface area contributed by atoms with Gasteiger partial charge in [-0.05, 0) is 69.5 Å². The molecule has 2 saturated carbocycles. The van der Waals surface area contributed by atoms with Crippen molar-refractivity contribution in [2.24, 2.45) is 23.2 Å². The Balaban J connectivity index is 2.02. The zero-order chi connectivity index (χ0) is 25.7. The Hall–Kier alpha value is -0.153. The fourth-order valence-electron chi connectivity index (χ4n) is 6.31. The SMILES string of the molecule is CC(C)(C)OC(=O)C[C@@H]1[C@H]2C(=O)O[C@]1(CO[Si](C)(C)C(C)(C)C)CC(I)C[C@@]1(C)CCCC[C@H]21. The minimum Gasteiger partial charge on any atom is -0.460 e. The van der Waals surface area contributed by atoms with Gasteiger partial charge in [0.1, 0.15) is 11.2 Å². The van der Waals surface area contributed by atoms with Crippen LogP contribution in [-0.2, 0) is 23.5 Å². The number of carbonyl (C=O) groups excluding carboxylic acids is 2. The molecule has 0 radical (unpaired) electrons. The summed E-state index contributed by atoms with van der Waals surface area (Å²) in [7, 11) is -2.07. The summed E-state index contributed by atoms with van der Waals surface area (Å²) in [5, 5.41) is 0.0552. The van der Waals surface area contributed by atoms with Crippen LogP contribution in [0.1, 0.15) is 93.4 Å². The average molecular weight is 607 g/mol. The van der Waals surface area contributed by atoms with Gasteiger partial charge < -0.3 is 13.9 Å². The molecule has 2 bridgehead atoms. The highest BCUT2D eigenvalue weighted by Gasteiger charge is 2.63. The van der Waals surface area contributed by atoms with E-state index in [1.807, 2.05) is 20.8 Å². The molecule has 0 aromatic heterocycles. The number of rotatable bonds is 5. The van der Waals surface area contributed by atoms with Gasteiger partial charge in [-0.2, -0.15) is 0 Å². The number of esters is 2. The highest BCUT2D eigenvalue weighted by Crippen LogP contribution is 2.59. The van der Waals surface area contributed by atoms with Gasteiger partial charge >= 0.3 is 11.9 Å². The zero-order valence-electron chi connectivity index (χ0n) is 22.9. The Morgan fingerprint density at radius 2 is 1.79 bits per heavy atom. The molecule has 7 heteroatoms. The highest BCUT2D eigenvalue weighted by atomic mass is 127. The molecule has 1 heterocycles. The Kier molecular flexibility index (Phi) is 8.04. The van der Waals surface area contributed by atoms with E-state index >= 15 is 0 Å². The lowest BCUT2D eigenvalue weighted by Crippen LogP contribution is -2.53. The van der Waals surface area contributed by atoms with Crippen LogP contribution in [0.4, 0.5) is 0 Å². The maximum atomic E-state index is 13.6. The van der Waals surface area contributed by atoms with Crippen molar-refractivity contribution in [2.45, 2.75) is 127 Å². The fourth-order valence-corrected chi connectivity index (χ4v) is 9.10. The van der Waals surface area contributed by atoms with Crippen molar-refractivity contribution in [3.05, 3.63) is 0 Å². The second-order valence-electron chi connectivity index (χ2n) is 14.0. The summed E-state index contributed by atoms with van der Waals surface area (Å²) in [6.07, 6.45) is 6.57. The minimum atomic E-state index is -2.07. The van der Waals surface area contributed by atoms with E-state index in [0.717, 1.165) is 32.1 Å². The van der Waals surface area contributed by atoms with Crippen LogP contribution in [0.2, 0.25) is 18.1 Å². The number of hydrogen-bond acceptors (Lipinski definition) is 5. The molecule has 1 aliphatic heterocycles. The first kappa shape index (κ1) is 28.4. The lowest BCUT2D eigenvalue weighted by Gasteiger charge is -2.50. The molecule has 1 saturated heterocycles. The molecular weight excluding hydrogens is 559 g/mol. The third-order valence-corrected chi connectivity index (χ3v) is 14.4. The Labute approximate surface area is 222 Å². The normalized spacial score (nSPS) is 36.8. The van der Waals surface area contributed by atoms with Gasteiger partial charge in [0.2, 0.25) is 0 Å². The smallest absolute Gasteiger partial charge is 0.310 e. The molecule has 0 amide bonds. The number of halogens is 1. The summed E-state index contributed by atoms with van der Waals surface area (Å²) in [6, 6.07) is 0. The molecule has 3 aliphatic rings.